The number of nitrogens with zero attached hydrogens (tertiary/aromatic N) is 5. The maximum atomic E-state index is 12.9. The fraction of sp³-hybridized carbons (Fsp3) is 0.448. The molecule has 2 fully saturated rings. The van der Waals surface area contributed by atoms with Gasteiger partial charge in [0.25, 0.3) is 0 Å². The van der Waals surface area contributed by atoms with Gasteiger partial charge < -0.3 is 19.9 Å². The molecule has 2 N–H and O–H groups in total. The lowest BCUT2D eigenvalue weighted by Crippen LogP contribution is -2.50. The van der Waals surface area contributed by atoms with E-state index in [1.54, 1.807) is 15.8 Å². The summed E-state index contributed by atoms with van der Waals surface area (Å²) in [5.41, 5.74) is 3.18. The number of hydrogen-bond donors (Lipinski definition) is 2. The van der Waals surface area contributed by atoms with E-state index in [-0.39, 0.29) is 17.5 Å². The Kier molecular flexibility index (Phi) is 6.96. The van der Waals surface area contributed by atoms with Gasteiger partial charge in [-0.2, -0.15) is 5.10 Å². The quantitative estimate of drug-likeness (QED) is 0.461. The molecule has 0 unspecified atom stereocenters. The third-order valence-corrected chi connectivity index (χ3v) is 7.11. The van der Waals surface area contributed by atoms with Gasteiger partial charge in [-0.1, -0.05) is 24.6 Å². The third-order valence-electron chi connectivity index (χ3n) is 7.11. The van der Waals surface area contributed by atoms with Crippen LogP contribution in [0.4, 0.5) is 26.9 Å². The molecule has 0 spiro atoms. The lowest BCUT2D eigenvalue weighted by molar-refractivity contribution is 0.0240. The summed E-state index contributed by atoms with van der Waals surface area (Å²) >= 11 is 0. The number of aromatic nitrogens is 3. The van der Waals surface area contributed by atoms with Crippen LogP contribution in [0, 0.1) is 6.92 Å². The van der Waals surface area contributed by atoms with Gasteiger partial charge in [-0.25, -0.2) is 19.3 Å². The van der Waals surface area contributed by atoms with Gasteiger partial charge in [-0.3, -0.25) is 5.32 Å². The number of anilines is 3. The van der Waals surface area contributed by atoms with Crippen LogP contribution in [0.3, 0.4) is 0 Å². The number of amides is 3. The van der Waals surface area contributed by atoms with Crippen LogP contribution in [-0.4, -0.2) is 63.6 Å². The Morgan fingerprint density at radius 3 is 2.26 bits per heavy atom. The molecular formula is C29H37N7O3. The molecule has 3 heterocycles. The SMILES string of the molecule is Cc1ccc(-n2nc(C3(C)CC3)cc2NC(=O)Nc2ccc(N3CCN(C(=O)OC(C)(C)C)CC3)nc2)cc1. The van der Waals surface area contributed by atoms with Crippen LogP contribution in [0.2, 0.25) is 0 Å². The van der Waals surface area contributed by atoms with Crippen molar-refractivity contribution in [2.75, 3.05) is 41.7 Å². The number of aryl methyl sites for hydroxylation is 1. The predicted molar refractivity (Wildman–Crippen MR) is 152 cm³/mol. The van der Waals surface area contributed by atoms with E-state index in [0.29, 0.717) is 37.7 Å². The average molecular weight is 532 g/mol. The number of carbonyl (C=O) groups excluding carboxylic acids is 2. The number of hydrogen-bond acceptors (Lipinski definition) is 6. The molecule has 10 nitrogen and oxygen atoms in total. The minimum atomic E-state index is -0.511. The van der Waals surface area contributed by atoms with E-state index in [1.807, 2.05) is 70.2 Å². The highest BCUT2D eigenvalue weighted by Gasteiger charge is 2.42. The van der Waals surface area contributed by atoms with Crippen LogP contribution in [0.1, 0.15) is 51.8 Å². The fourth-order valence-electron chi connectivity index (χ4n) is 4.46. The lowest BCUT2D eigenvalue weighted by atomic mass is 10.1. The second-order valence-corrected chi connectivity index (χ2v) is 11.7. The number of benzene rings is 1. The highest BCUT2D eigenvalue weighted by molar-refractivity contribution is 5.99. The highest BCUT2D eigenvalue weighted by atomic mass is 16.6. The summed E-state index contributed by atoms with van der Waals surface area (Å²) in [5.74, 6) is 1.41. The Hall–Kier alpha value is -4.08. The van der Waals surface area contributed by atoms with E-state index >= 15 is 0 Å². The topological polar surface area (TPSA) is 105 Å². The van der Waals surface area contributed by atoms with Gasteiger partial charge in [0.05, 0.1) is 23.3 Å². The number of ether oxygens (including phenoxy) is 1. The van der Waals surface area contributed by atoms with E-state index in [1.165, 1.54) is 0 Å². The Bertz CT molecular complexity index is 1330. The smallest absolute Gasteiger partial charge is 0.410 e. The number of rotatable bonds is 5. The molecule has 0 bridgehead atoms. The Balaban J connectivity index is 1.20. The first kappa shape index (κ1) is 26.5. The molecule has 0 atom stereocenters. The second kappa shape index (κ2) is 10.2. The van der Waals surface area contributed by atoms with Crippen molar-refractivity contribution in [2.45, 2.75) is 58.5 Å². The molecule has 10 heteroatoms. The molecule has 3 amide bonds. The zero-order valence-corrected chi connectivity index (χ0v) is 23.3. The van der Waals surface area contributed by atoms with Crippen LogP contribution in [0.5, 0.6) is 0 Å². The van der Waals surface area contributed by atoms with Gasteiger partial charge >= 0.3 is 12.1 Å². The van der Waals surface area contributed by atoms with Crippen molar-refractivity contribution in [1.29, 1.82) is 0 Å². The molecule has 1 saturated carbocycles. The molecule has 3 aromatic rings. The van der Waals surface area contributed by atoms with Crippen LogP contribution >= 0.6 is 0 Å². The van der Waals surface area contributed by atoms with E-state index in [2.05, 4.69) is 27.4 Å². The summed E-state index contributed by atoms with van der Waals surface area (Å²) in [5, 5.41) is 10.7. The summed E-state index contributed by atoms with van der Waals surface area (Å²) in [6.07, 6.45) is 3.54. The number of pyridine rings is 1. The Morgan fingerprint density at radius 2 is 1.67 bits per heavy atom. The minimum absolute atomic E-state index is 0.0704. The van der Waals surface area contributed by atoms with Crippen molar-refractivity contribution in [3.63, 3.8) is 0 Å². The number of nitrogens with one attached hydrogen (secondary N) is 2. The normalized spacial score (nSPS) is 16.5. The monoisotopic (exact) mass is 531 g/mol. The molecule has 2 aromatic heterocycles. The molecule has 206 valence electrons. The van der Waals surface area contributed by atoms with Crippen molar-refractivity contribution in [1.82, 2.24) is 19.7 Å². The maximum Gasteiger partial charge on any atom is 0.410 e. The van der Waals surface area contributed by atoms with Gasteiger partial charge in [0, 0.05) is 37.7 Å². The molecule has 2 aliphatic rings. The average Bonchev–Trinajstić information content (AvgIpc) is 3.50. The molecule has 5 rings (SSSR count). The zero-order valence-electron chi connectivity index (χ0n) is 23.3. The van der Waals surface area contributed by atoms with Crippen LogP contribution < -0.4 is 15.5 Å². The summed E-state index contributed by atoms with van der Waals surface area (Å²) in [4.78, 5) is 33.6. The summed E-state index contributed by atoms with van der Waals surface area (Å²) in [6.45, 7) is 12.3. The fourth-order valence-corrected chi connectivity index (χ4v) is 4.46. The standard InChI is InChI=1S/C29H37N7O3/c1-20-6-9-22(10-7-20)36-25(18-23(33-36)29(5)12-13-29)32-26(37)31-21-8-11-24(30-19-21)34-14-16-35(17-15-34)27(38)39-28(2,3)4/h6-11,18-19H,12-17H2,1-5H3,(H2,31,32,37). The van der Waals surface area contributed by atoms with E-state index in [9.17, 15) is 9.59 Å². The number of piperazine rings is 1. The molecule has 39 heavy (non-hydrogen) atoms. The van der Waals surface area contributed by atoms with Gasteiger partial charge in [-0.05, 0) is 64.8 Å². The largest absolute Gasteiger partial charge is 0.444 e. The zero-order chi connectivity index (χ0) is 27.8. The van der Waals surface area contributed by atoms with Gasteiger partial charge in [0.1, 0.15) is 17.2 Å². The van der Waals surface area contributed by atoms with Crippen LogP contribution in [0.15, 0.2) is 48.7 Å². The van der Waals surface area contributed by atoms with Gasteiger partial charge in [-0.15, -0.1) is 0 Å². The summed E-state index contributed by atoms with van der Waals surface area (Å²) in [7, 11) is 0. The van der Waals surface area contributed by atoms with Gasteiger partial charge in [0.2, 0.25) is 0 Å². The van der Waals surface area contributed by atoms with Crippen molar-refractivity contribution in [2.24, 2.45) is 0 Å². The first-order valence-electron chi connectivity index (χ1n) is 13.4. The predicted octanol–water partition coefficient (Wildman–Crippen LogP) is 5.33. The molecule has 1 aliphatic heterocycles. The first-order chi connectivity index (χ1) is 18.5. The van der Waals surface area contributed by atoms with Gasteiger partial charge in [0.15, 0.2) is 0 Å². The van der Waals surface area contributed by atoms with Crippen molar-refractivity contribution in [3.8, 4) is 5.69 Å². The van der Waals surface area contributed by atoms with Crippen LogP contribution in [0.25, 0.3) is 5.69 Å². The van der Waals surface area contributed by atoms with Crippen molar-refractivity contribution >= 4 is 29.4 Å². The molecule has 1 aliphatic carbocycles. The third kappa shape index (κ3) is 6.32. The molecule has 1 aromatic carbocycles. The van der Waals surface area contributed by atoms with Crippen LogP contribution in [-0.2, 0) is 10.2 Å². The number of carbonyl (C=O) groups is 2. The summed E-state index contributed by atoms with van der Waals surface area (Å²) in [6, 6.07) is 13.4. The molecule has 1 saturated heterocycles. The minimum Gasteiger partial charge on any atom is -0.444 e. The maximum absolute atomic E-state index is 12.9. The van der Waals surface area contributed by atoms with E-state index in [0.717, 1.165) is 35.6 Å². The molecular weight excluding hydrogens is 494 g/mol. The first-order valence-corrected chi connectivity index (χ1v) is 13.4. The lowest BCUT2D eigenvalue weighted by Gasteiger charge is -2.36. The Morgan fingerprint density at radius 1 is 0.974 bits per heavy atom. The highest BCUT2D eigenvalue weighted by Crippen LogP contribution is 2.47. The summed E-state index contributed by atoms with van der Waals surface area (Å²) < 4.78 is 7.26. The van der Waals surface area contributed by atoms with E-state index < -0.39 is 5.60 Å². The molecule has 0 radical (unpaired) electrons. The number of urea groups is 1. The van der Waals surface area contributed by atoms with Crippen molar-refractivity contribution in [3.05, 3.63) is 59.9 Å². The van der Waals surface area contributed by atoms with Crippen molar-refractivity contribution < 1.29 is 14.3 Å². The van der Waals surface area contributed by atoms with E-state index in [4.69, 9.17) is 9.84 Å². The second-order valence-electron chi connectivity index (χ2n) is 11.7. The Labute approximate surface area is 229 Å².